The van der Waals surface area contributed by atoms with Gasteiger partial charge in [-0.2, -0.15) is 21.4 Å². The standard InChI is InChI=1S/C27H25ClN2O7S3/c28-21-9-10-24-22(17-21)29(12-4-14-39(31,32)33)26(37-24)18-27-30(13-5-15-40(34,35)36)23-16-20(8-11-25(23)38-27)19-6-2-1-3-7-19/h1-3,6-11,16-18H,4-5,12-15H2,(H-,31,32,33,34,35,36)/p+1. The fraction of sp³-hybridized carbons (Fsp3) is 0.222. The van der Waals surface area contributed by atoms with Gasteiger partial charge in [-0.05, 0) is 41.8 Å². The van der Waals surface area contributed by atoms with Gasteiger partial charge in [0.2, 0.25) is 11.4 Å². The van der Waals surface area contributed by atoms with Crippen LogP contribution >= 0.6 is 22.9 Å². The molecule has 0 saturated carbocycles. The molecule has 0 spiro atoms. The molecule has 1 aliphatic heterocycles. The molecule has 40 heavy (non-hydrogen) atoms. The van der Waals surface area contributed by atoms with Gasteiger partial charge in [0.15, 0.2) is 12.3 Å². The minimum atomic E-state index is -4.14. The van der Waals surface area contributed by atoms with Gasteiger partial charge in [0.25, 0.3) is 25.2 Å². The van der Waals surface area contributed by atoms with Crippen molar-refractivity contribution < 1.29 is 35.2 Å². The van der Waals surface area contributed by atoms with Crippen LogP contribution in [0, 0.1) is 0 Å². The van der Waals surface area contributed by atoms with E-state index >= 15 is 0 Å². The average molecular weight is 622 g/mol. The lowest BCUT2D eigenvalue weighted by Crippen LogP contribution is -2.36. The Morgan fingerprint density at radius 1 is 0.900 bits per heavy atom. The van der Waals surface area contributed by atoms with E-state index in [1.165, 1.54) is 11.3 Å². The maximum Gasteiger partial charge on any atom is 0.268 e. The fourth-order valence-corrected chi connectivity index (χ4v) is 6.83. The van der Waals surface area contributed by atoms with Crippen molar-refractivity contribution in [3.05, 3.63) is 82.6 Å². The van der Waals surface area contributed by atoms with E-state index in [9.17, 15) is 25.9 Å². The maximum atomic E-state index is 11.4. The number of ether oxygens (including phenoxy) is 1. The summed E-state index contributed by atoms with van der Waals surface area (Å²) in [5.41, 5.74) is 3.60. The first-order chi connectivity index (χ1) is 19.0. The van der Waals surface area contributed by atoms with E-state index in [0.29, 0.717) is 28.9 Å². The molecule has 0 unspecified atom stereocenters. The lowest BCUT2D eigenvalue weighted by molar-refractivity contribution is -0.668. The Balaban J connectivity index is 1.57. The van der Waals surface area contributed by atoms with Crippen LogP contribution in [-0.2, 0) is 26.8 Å². The number of hydrogen-bond donors (Lipinski definition) is 2. The number of nitrogens with zero attached hydrogens (tertiary/aromatic N) is 2. The van der Waals surface area contributed by atoms with Crippen molar-refractivity contribution in [1.29, 1.82) is 0 Å². The first-order valence-electron chi connectivity index (χ1n) is 12.4. The minimum absolute atomic E-state index is 0.146. The molecule has 9 nitrogen and oxygen atoms in total. The predicted octanol–water partition coefficient (Wildman–Crippen LogP) is 5.26. The predicted molar refractivity (Wildman–Crippen MR) is 157 cm³/mol. The van der Waals surface area contributed by atoms with E-state index in [-0.39, 0.29) is 25.1 Å². The van der Waals surface area contributed by atoms with E-state index < -0.39 is 26.0 Å². The molecule has 2 heterocycles. The molecule has 0 amide bonds. The summed E-state index contributed by atoms with van der Waals surface area (Å²) in [6.45, 7) is 0.559. The number of aromatic nitrogens is 1. The Morgan fingerprint density at radius 2 is 1.62 bits per heavy atom. The van der Waals surface area contributed by atoms with E-state index in [1.54, 1.807) is 23.1 Å². The first kappa shape index (κ1) is 28.5. The van der Waals surface area contributed by atoms with Crippen LogP contribution in [-0.4, -0.2) is 44.0 Å². The Morgan fingerprint density at radius 3 is 2.35 bits per heavy atom. The van der Waals surface area contributed by atoms with Crippen molar-refractivity contribution in [3.8, 4) is 16.9 Å². The second kappa shape index (κ2) is 11.5. The van der Waals surface area contributed by atoms with Crippen LogP contribution in [0.5, 0.6) is 5.75 Å². The van der Waals surface area contributed by atoms with Crippen LogP contribution in [0.4, 0.5) is 5.69 Å². The van der Waals surface area contributed by atoms with Crippen LogP contribution in [0.25, 0.3) is 27.4 Å². The Hall–Kier alpha value is -3.00. The highest BCUT2D eigenvalue weighted by molar-refractivity contribution is 7.86. The van der Waals surface area contributed by atoms with Crippen molar-refractivity contribution in [1.82, 2.24) is 0 Å². The first-order valence-corrected chi connectivity index (χ1v) is 16.8. The van der Waals surface area contributed by atoms with Crippen LogP contribution < -0.4 is 14.2 Å². The zero-order chi connectivity index (χ0) is 28.5. The van der Waals surface area contributed by atoms with Gasteiger partial charge in [0, 0.05) is 24.1 Å². The second-order valence-corrected chi connectivity index (χ2v) is 13.9. The summed E-state index contributed by atoms with van der Waals surface area (Å²) in [6.07, 6.45) is 2.16. The highest BCUT2D eigenvalue weighted by Gasteiger charge is 2.30. The summed E-state index contributed by atoms with van der Waals surface area (Å²) < 4.78 is 73.1. The summed E-state index contributed by atoms with van der Waals surface area (Å²) in [7, 11) is -8.26. The molecule has 0 radical (unpaired) electrons. The molecule has 0 saturated heterocycles. The number of aryl methyl sites for hydroxylation is 1. The highest BCUT2D eigenvalue weighted by Crippen LogP contribution is 2.41. The van der Waals surface area contributed by atoms with Crippen molar-refractivity contribution in [2.24, 2.45) is 0 Å². The molecule has 13 heteroatoms. The zero-order valence-corrected chi connectivity index (χ0v) is 24.3. The van der Waals surface area contributed by atoms with Gasteiger partial charge in [-0.15, -0.1) is 0 Å². The van der Waals surface area contributed by atoms with Gasteiger partial charge in [-0.25, -0.2) is 0 Å². The number of fused-ring (bicyclic) bond motifs is 2. The minimum Gasteiger partial charge on any atom is -0.438 e. The summed E-state index contributed by atoms with van der Waals surface area (Å²) in [4.78, 5) is 1.80. The quantitative estimate of drug-likeness (QED) is 0.181. The molecule has 0 aliphatic carbocycles. The van der Waals surface area contributed by atoms with E-state index in [1.807, 2.05) is 59.2 Å². The summed E-state index contributed by atoms with van der Waals surface area (Å²) >= 11 is 7.72. The molecule has 1 aromatic heterocycles. The molecule has 3 aromatic carbocycles. The van der Waals surface area contributed by atoms with Gasteiger partial charge in [0.1, 0.15) is 4.70 Å². The molecule has 0 bridgehead atoms. The van der Waals surface area contributed by atoms with Crippen LogP contribution in [0.1, 0.15) is 17.8 Å². The fourth-order valence-electron chi connectivity index (χ4n) is 4.58. The molecule has 210 valence electrons. The summed E-state index contributed by atoms with van der Waals surface area (Å²) in [6, 6.07) is 21.1. The molecule has 4 aromatic rings. The smallest absolute Gasteiger partial charge is 0.268 e. The summed E-state index contributed by atoms with van der Waals surface area (Å²) in [5, 5.41) is 1.25. The van der Waals surface area contributed by atoms with Gasteiger partial charge in [0.05, 0.1) is 23.3 Å². The van der Waals surface area contributed by atoms with Gasteiger partial charge >= 0.3 is 0 Å². The van der Waals surface area contributed by atoms with Gasteiger partial charge < -0.3 is 9.64 Å². The molecular weight excluding hydrogens is 596 g/mol. The average Bonchev–Trinajstić information content (AvgIpc) is 3.40. The molecular formula is C27H26ClN2O7S3+. The van der Waals surface area contributed by atoms with Crippen LogP contribution in [0.3, 0.4) is 0 Å². The summed E-state index contributed by atoms with van der Waals surface area (Å²) in [5.74, 6) is 0.195. The highest BCUT2D eigenvalue weighted by atomic mass is 35.5. The molecule has 5 rings (SSSR count). The number of thiazole rings is 1. The van der Waals surface area contributed by atoms with Crippen LogP contribution in [0.2, 0.25) is 5.02 Å². The third-order valence-electron chi connectivity index (χ3n) is 6.34. The second-order valence-electron chi connectivity index (χ2n) is 9.27. The number of anilines is 1. The molecule has 0 atom stereocenters. The number of halogens is 1. The topological polar surface area (TPSA) is 125 Å². The third kappa shape index (κ3) is 6.82. The Kier molecular flexibility index (Phi) is 8.18. The molecule has 1 aliphatic rings. The number of rotatable bonds is 10. The monoisotopic (exact) mass is 621 g/mol. The van der Waals surface area contributed by atoms with E-state index in [4.69, 9.17) is 16.3 Å². The zero-order valence-electron chi connectivity index (χ0n) is 21.1. The lowest BCUT2D eigenvalue weighted by Gasteiger charge is -2.17. The molecule has 2 N–H and O–H groups in total. The largest absolute Gasteiger partial charge is 0.438 e. The number of benzene rings is 3. The third-order valence-corrected chi connectivity index (χ3v) is 9.30. The normalized spacial score (nSPS) is 14.6. The van der Waals surface area contributed by atoms with Crippen LogP contribution in [0.15, 0.2) is 72.6 Å². The van der Waals surface area contributed by atoms with E-state index in [0.717, 1.165) is 26.4 Å². The lowest BCUT2D eigenvalue weighted by atomic mass is 10.1. The SMILES string of the molecule is O=S(=O)(O)CCCN1C(=Cc2sc3ccc(-c4ccccc4)cc3[n+]2CCCS(=O)(=O)O)Oc2ccc(Cl)cc21. The van der Waals surface area contributed by atoms with Crippen molar-refractivity contribution in [3.63, 3.8) is 0 Å². The van der Waals surface area contributed by atoms with Crippen molar-refractivity contribution in [2.75, 3.05) is 23.0 Å². The van der Waals surface area contributed by atoms with Crippen molar-refractivity contribution >= 4 is 65.2 Å². The van der Waals surface area contributed by atoms with Crippen molar-refractivity contribution in [2.45, 2.75) is 19.4 Å². The van der Waals surface area contributed by atoms with Gasteiger partial charge in [-0.1, -0.05) is 59.3 Å². The maximum absolute atomic E-state index is 11.4. The number of hydrogen-bond acceptors (Lipinski definition) is 7. The Labute approximate surface area is 241 Å². The van der Waals surface area contributed by atoms with E-state index in [2.05, 4.69) is 0 Å². The Bertz CT molecular complexity index is 1800. The van der Waals surface area contributed by atoms with Gasteiger partial charge in [-0.3, -0.25) is 9.11 Å². The molecule has 0 fully saturated rings.